The largest absolute Gasteiger partial charge is 0.478 e. The van der Waals surface area contributed by atoms with E-state index in [0.717, 1.165) is 0 Å². The highest BCUT2D eigenvalue weighted by atomic mass is 16.5. The van der Waals surface area contributed by atoms with Crippen LogP contribution in [-0.2, 0) is 9.53 Å². The van der Waals surface area contributed by atoms with E-state index in [1.54, 1.807) is 19.1 Å². The lowest BCUT2D eigenvalue weighted by Gasteiger charge is -1.89. The summed E-state index contributed by atoms with van der Waals surface area (Å²) in [6.45, 7) is 13.4. The molecule has 0 spiro atoms. The van der Waals surface area contributed by atoms with Crippen molar-refractivity contribution in [2.24, 2.45) is 5.73 Å². The smallest absolute Gasteiger partial charge is 0.404 e. The number of carboxylic acid groups (broad SMARTS) is 1. The summed E-state index contributed by atoms with van der Waals surface area (Å²) < 4.78 is 4.18. The first-order valence-electron chi connectivity index (χ1n) is 4.37. The van der Waals surface area contributed by atoms with E-state index in [2.05, 4.69) is 30.2 Å². The Hall–Kier alpha value is -2.04. The number of aliphatic carboxylic acids is 1. The number of carboxylic acids is 1. The highest BCUT2D eigenvalue weighted by Gasteiger charge is 1.90. The SMILES string of the molecule is C=C(C)C(=O)O.C=CC=C.CCOC(N)=O. The van der Waals surface area contributed by atoms with Crippen molar-refractivity contribution in [3.8, 4) is 0 Å². The van der Waals surface area contributed by atoms with Gasteiger partial charge in [0.15, 0.2) is 0 Å². The average molecular weight is 229 g/mol. The lowest BCUT2D eigenvalue weighted by atomic mass is 10.4. The number of amides is 1. The van der Waals surface area contributed by atoms with Gasteiger partial charge < -0.3 is 15.6 Å². The van der Waals surface area contributed by atoms with Gasteiger partial charge in [-0.25, -0.2) is 9.59 Å². The van der Waals surface area contributed by atoms with E-state index in [1.807, 2.05) is 0 Å². The lowest BCUT2D eigenvalue weighted by Crippen LogP contribution is -2.11. The molecule has 0 aromatic rings. The maximum absolute atomic E-state index is 9.60. The van der Waals surface area contributed by atoms with Crippen LogP contribution in [0.4, 0.5) is 4.79 Å². The predicted molar refractivity (Wildman–Crippen MR) is 64.1 cm³/mol. The highest BCUT2D eigenvalue weighted by molar-refractivity contribution is 5.84. The topological polar surface area (TPSA) is 89.6 Å². The van der Waals surface area contributed by atoms with Gasteiger partial charge in [-0.15, -0.1) is 0 Å². The minimum absolute atomic E-state index is 0.176. The van der Waals surface area contributed by atoms with Gasteiger partial charge in [-0.3, -0.25) is 0 Å². The van der Waals surface area contributed by atoms with Crippen LogP contribution >= 0.6 is 0 Å². The van der Waals surface area contributed by atoms with Gasteiger partial charge in [-0.2, -0.15) is 0 Å². The van der Waals surface area contributed by atoms with Crippen LogP contribution in [0, 0.1) is 0 Å². The summed E-state index contributed by atoms with van der Waals surface area (Å²) in [5, 5.41) is 7.89. The first-order valence-corrected chi connectivity index (χ1v) is 4.37. The number of primary amides is 1. The Balaban J connectivity index is -0.000000162. The van der Waals surface area contributed by atoms with Gasteiger partial charge >= 0.3 is 12.1 Å². The summed E-state index contributed by atoms with van der Waals surface area (Å²) in [4.78, 5) is 19.2. The Morgan fingerprint density at radius 2 is 1.69 bits per heavy atom. The molecule has 0 aromatic heterocycles. The number of ether oxygens (including phenoxy) is 1. The molecular formula is C11H19NO4. The molecule has 0 aliphatic heterocycles. The van der Waals surface area contributed by atoms with Gasteiger partial charge in [0.25, 0.3) is 0 Å². The van der Waals surface area contributed by atoms with Gasteiger partial charge in [0.1, 0.15) is 0 Å². The summed E-state index contributed by atoms with van der Waals surface area (Å²) in [7, 11) is 0. The normalized spacial score (nSPS) is 6.88. The Morgan fingerprint density at radius 1 is 1.38 bits per heavy atom. The fourth-order valence-corrected chi connectivity index (χ4v) is 0.142. The summed E-state index contributed by atoms with van der Waals surface area (Å²) in [6, 6.07) is 0. The van der Waals surface area contributed by atoms with Gasteiger partial charge in [0, 0.05) is 5.57 Å². The zero-order valence-corrected chi connectivity index (χ0v) is 9.73. The fourth-order valence-electron chi connectivity index (χ4n) is 0.142. The molecule has 5 nitrogen and oxygen atoms in total. The van der Waals surface area contributed by atoms with Crippen molar-refractivity contribution in [3.63, 3.8) is 0 Å². The van der Waals surface area contributed by atoms with E-state index in [1.165, 1.54) is 6.92 Å². The molecule has 0 bridgehead atoms. The van der Waals surface area contributed by atoms with Crippen molar-refractivity contribution >= 4 is 12.1 Å². The second-order valence-electron chi connectivity index (χ2n) is 2.31. The van der Waals surface area contributed by atoms with Crippen molar-refractivity contribution in [2.75, 3.05) is 6.61 Å². The molecular weight excluding hydrogens is 210 g/mol. The molecule has 0 saturated heterocycles. The van der Waals surface area contributed by atoms with Gasteiger partial charge in [-0.05, 0) is 13.8 Å². The van der Waals surface area contributed by atoms with Crippen LogP contribution < -0.4 is 5.73 Å². The van der Waals surface area contributed by atoms with Crippen LogP contribution in [0.5, 0.6) is 0 Å². The molecule has 0 aromatic carbocycles. The standard InChI is InChI=1S/C4H6O2.C4H6.C3H7NO2/c1-3(2)4(5)6;1-3-4-2;1-2-6-3(4)5/h1H2,2H3,(H,5,6);3-4H,1-2H2;2H2,1H3,(H2,4,5). The molecule has 1 amide bonds. The Bertz CT molecular complexity index is 228. The maximum Gasteiger partial charge on any atom is 0.404 e. The van der Waals surface area contributed by atoms with Crippen LogP contribution in [0.2, 0.25) is 0 Å². The first kappa shape index (κ1) is 19.5. The summed E-state index contributed by atoms with van der Waals surface area (Å²) in [6.07, 6.45) is 2.57. The number of carbonyl (C=O) groups excluding carboxylic acids is 1. The molecule has 0 fully saturated rings. The monoisotopic (exact) mass is 229 g/mol. The highest BCUT2D eigenvalue weighted by Crippen LogP contribution is 1.81. The Morgan fingerprint density at radius 3 is 1.69 bits per heavy atom. The van der Waals surface area contributed by atoms with E-state index < -0.39 is 12.1 Å². The zero-order valence-electron chi connectivity index (χ0n) is 9.73. The van der Waals surface area contributed by atoms with Gasteiger partial charge in [0.05, 0.1) is 6.61 Å². The fraction of sp³-hybridized carbons (Fsp3) is 0.273. The minimum Gasteiger partial charge on any atom is -0.478 e. The average Bonchev–Trinajstić information content (AvgIpc) is 2.18. The molecule has 0 saturated carbocycles. The third-order valence-electron chi connectivity index (χ3n) is 0.818. The summed E-state index contributed by atoms with van der Waals surface area (Å²) in [5.74, 6) is -0.935. The van der Waals surface area contributed by atoms with E-state index >= 15 is 0 Å². The lowest BCUT2D eigenvalue weighted by molar-refractivity contribution is -0.132. The second-order valence-corrected chi connectivity index (χ2v) is 2.31. The van der Waals surface area contributed by atoms with Crippen molar-refractivity contribution in [1.82, 2.24) is 0 Å². The number of rotatable bonds is 3. The molecule has 16 heavy (non-hydrogen) atoms. The van der Waals surface area contributed by atoms with Crippen molar-refractivity contribution in [3.05, 3.63) is 37.5 Å². The molecule has 92 valence electrons. The number of nitrogens with two attached hydrogens (primary N) is 1. The molecule has 0 radical (unpaired) electrons. The molecule has 3 N–H and O–H groups in total. The van der Waals surface area contributed by atoms with E-state index in [-0.39, 0.29) is 5.57 Å². The molecule has 0 aliphatic carbocycles. The summed E-state index contributed by atoms with van der Waals surface area (Å²) >= 11 is 0. The van der Waals surface area contributed by atoms with Crippen molar-refractivity contribution in [2.45, 2.75) is 13.8 Å². The Kier molecular flexibility index (Phi) is 18.8. The van der Waals surface area contributed by atoms with Crippen LogP contribution in [-0.4, -0.2) is 23.8 Å². The number of hydrogen-bond acceptors (Lipinski definition) is 3. The van der Waals surface area contributed by atoms with Crippen LogP contribution in [0.25, 0.3) is 0 Å². The zero-order chi connectivity index (χ0) is 13.6. The maximum atomic E-state index is 9.60. The number of carbonyl (C=O) groups is 2. The quantitative estimate of drug-likeness (QED) is 0.573. The van der Waals surface area contributed by atoms with E-state index in [4.69, 9.17) is 5.11 Å². The molecule has 0 rings (SSSR count). The first-order chi connectivity index (χ1) is 7.33. The van der Waals surface area contributed by atoms with Gasteiger partial charge in [0.2, 0.25) is 0 Å². The molecule has 0 unspecified atom stereocenters. The predicted octanol–water partition coefficient (Wildman–Crippen LogP) is 2.11. The second kappa shape index (κ2) is 15.4. The Labute approximate surface area is 95.9 Å². The van der Waals surface area contributed by atoms with Crippen molar-refractivity contribution in [1.29, 1.82) is 0 Å². The molecule has 5 heteroatoms. The molecule has 0 heterocycles. The third-order valence-corrected chi connectivity index (χ3v) is 0.818. The summed E-state index contributed by atoms with van der Waals surface area (Å²) in [5.41, 5.74) is 4.72. The molecule has 0 aliphatic rings. The van der Waals surface area contributed by atoms with Crippen molar-refractivity contribution < 1.29 is 19.4 Å². The molecule has 0 atom stereocenters. The van der Waals surface area contributed by atoms with Crippen LogP contribution in [0.3, 0.4) is 0 Å². The minimum atomic E-state index is -0.935. The van der Waals surface area contributed by atoms with E-state index in [9.17, 15) is 9.59 Å². The number of hydrogen-bond donors (Lipinski definition) is 2. The van der Waals surface area contributed by atoms with E-state index in [0.29, 0.717) is 6.61 Å². The van der Waals surface area contributed by atoms with Gasteiger partial charge in [-0.1, -0.05) is 31.9 Å². The van der Waals surface area contributed by atoms with Crippen LogP contribution in [0.15, 0.2) is 37.5 Å². The third kappa shape index (κ3) is 40.4. The number of allylic oxidation sites excluding steroid dienone is 2. The van der Waals surface area contributed by atoms with Crippen LogP contribution in [0.1, 0.15) is 13.8 Å².